The van der Waals surface area contributed by atoms with Crippen LogP contribution in [-0.4, -0.2) is 35.8 Å². The monoisotopic (exact) mass is 262 g/mol. The largest absolute Gasteiger partial charge is 0.329 e. The smallest absolute Gasteiger partial charge is 0.250 e. The van der Waals surface area contributed by atoms with E-state index in [0.29, 0.717) is 24.2 Å². The van der Waals surface area contributed by atoms with Gasteiger partial charge in [-0.15, -0.1) is 0 Å². The standard InChI is InChI=1S/C14H15FN2O2/c1-9-4-5-10(7-11(9)15)17-8-13(18)16-6-2-3-12(16)14(17)19/h4-5,7,12H,2-3,6,8H2,1H3. The van der Waals surface area contributed by atoms with Gasteiger partial charge in [-0.2, -0.15) is 0 Å². The van der Waals surface area contributed by atoms with Gasteiger partial charge < -0.3 is 9.80 Å². The first kappa shape index (κ1) is 12.1. The van der Waals surface area contributed by atoms with Gasteiger partial charge in [0.2, 0.25) is 11.8 Å². The second kappa shape index (κ2) is 4.33. The van der Waals surface area contributed by atoms with E-state index in [0.717, 1.165) is 6.42 Å². The Hall–Kier alpha value is -1.91. The van der Waals surface area contributed by atoms with Crippen molar-refractivity contribution in [1.29, 1.82) is 0 Å². The Morgan fingerprint density at radius 3 is 2.84 bits per heavy atom. The van der Waals surface area contributed by atoms with Crippen LogP contribution in [0.15, 0.2) is 18.2 Å². The predicted molar refractivity (Wildman–Crippen MR) is 68.2 cm³/mol. The number of hydrogen-bond acceptors (Lipinski definition) is 2. The van der Waals surface area contributed by atoms with Crippen LogP contribution in [-0.2, 0) is 9.59 Å². The van der Waals surface area contributed by atoms with E-state index >= 15 is 0 Å². The van der Waals surface area contributed by atoms with Gasteiger partial charge in [0.1, 0.15) is 18.4 Å². The quantitative estimate of drug-likeness (QED) is 0.769. The lowest BCUT2D eigenvalue weighted by atomic mass is 10.1. The van der Waals surface area contributed by atoms with E-state index < -0.39 is 0 Å². The third-order valence-electron chi connectivity index (χ3n) is 3.88. The van der Waals surface area contributed by atoms with E-state index in [1.807, 2.05) is 0 Å². The predicted octanol–water partition coefficient (Wildman–Crippen LogP) is 1.47. The number of carbonyl (C=O) groups is 2. The van der Waals surface area contributed by atoms with E-state index in [4.69, 9.17) is 0 Å². The first-order valence-corrected chi connectivity index (χ1v) is 6.45. The van der Waals surface area contributed by atoms with Crippen LogP contribution in [0.3, 0.4) is 0 Å². The SMILES string of the molecule is Cc1ccc(N2CC(=O)N3CCCC3C2=O)cc1F. The number of halogens is 1. The molecular weight excluding hydrogens is 247 g/mol. The van der Waals surface area contributed by atoms with Crippen molar-refractivity contribution in [2.75, 3.05) is 18.0 Å². The number of anilines is 1. The molecule has 1 atom stereocenters. The molecule has 1 aromatic carbocycles. The van der Waals surface area contributed by atoms with E-state index in [1.54, 1.807) is 24.0 Å². The normalized spacial score (nSPS) is 22.9. The molecule has 3 rings (SSSR count). The molecule has 2 aliphatic rings. The Bertz CT molecular complexity index is 558. The number of fused-ring (bicyclic) bond motifs is 1. The van der Waals surface area contributed by atoms with E-state index in [9.17, 15) is 14.0 Å². The van der Waals surface area contributed by atoms with Gasteiger partial charge in [-0.1, -0.05) is 6.07 Å². The van der Waals surface area contributed by atoms with Gasteiger partial charge in [0.25, 0.3) is 0 Å². The molecule has 19 heavy (non-hydrogen) atoms. The van der Waals surface area contributed by atoms with Crippen molar-refractivity contribution in [3.63, 3.8) is 0 Å². The van der Waals surface area contributed by atoms with Crippen LogP contribution in [0.1, 0.15) is 18.4 Å². The maximum absolute atomic E-state index is 13.6. The van der Waals surface area contributed by atoms with Gasteiger partial charge >= 0.3 is 0 Å². The maximum atomic E-state index is 13.6. The third-order valence-corrected chi connectivity index (χ3v) is 3.88. The van der Waals surface area contributed by atoms with Crippen molar-refractivity contribution in [2.45, 2.75) is 25.8 Å². The van der Waals surface area contributed by atoms with Crippen molar-refractivity contribution >= 4 is 17.5 Å². The molecule has 4 nitrogen and oxygen atoms in total. The molecule has 0 saturated carbocycles. The summed E-state index contributed by atoms with van der Waals surface area (Å²) in [5, 5.41) is 0. The van der Waals surface area contributed by atoms with E-state index in [2.05, 4.69) is 0 Å². The van der Waals surface area contributed by atoms with E-state index in [1.165, 1.54) is 11.0 Å². The number of nitrogens with zero attached hydrogens (tertiary/aromatic N) is 2. The first-order valence-electron chi connectivity index (χ1n) is 6.45. The Morgan fingerprint density at radius 1 is 1.32 bits per heavy atom. The molecule has 2 fully saturated rings. The van der Waals surface area contributed by atoms with Gasteiger partial charge in [-0.05, 0) is 37.5 Å². The highest BCUT2D eigenvalue weighted by Crippen LogP contribution is 2.28. The van der Waals surface area contributed by atoms with Gasteiger partial charge in [-0.3, -0.25) is 9.59 Å². The number of amides is 2. The second-order valence-electron chi connectivity index (χ2n) is 5.10. The molecule has 2 heterocycles. The minimum Gasteiger partial charge on any atom is -0.329 e. The Labute approximate surface area is 110 Å². The van der Waals surface area contributed by atoms with Crippen LogP contribution in [0.4, 0.5) is 10.1 Å². The number of hydrogen-bond donors (Lipinski definition) is 0. The minimum atomic E-state index is -0.356. The van der Waals surface area contributed by atoms with Gasteiger partial charge in [-0.25, -0.2) is 4.39 Å². The maximum Gasteiger partial charge on any atom is 0.250 e. The first-order chi connectivity index (χ1) is 9.08. The van der Waals surface area contributed by atoms with Crippen LogP contribution in [0.25, 0.3) is 0 Å². The number of rotatable bonds is 1. The van der Waals surface area contributed by atoms with Crippen molar-refractivity contribution in [3.05, 3.63) is 29.6 Å². The summed E-state index contributed by atoms with van der Waals surface area (Å²) in [6.45, 7) is 2.34. The fourth-order valence-electron chi connectivity index (χ4n) is 2.77. The Morgan fingerprint density at radius 2 is 2.11 bits per heavy atom. The zero-order valence-corrected chi connectivity index (χ0v) is 10.7. The zero-order chi connectivity index (χ0) is 13.6. The lowest BCUT2D eigenvalue weighted by Gasteiger charge is -2.36. The summed E-state index contributed by atoms with van der Waals surface area (Å²) in [6, 6.07) is 4.29. The third kappa shape index (κ3) is 1.89. The number of benzene rings is 1. The molecule has 2 aliphatic heterocycles. The van der Waals surface area contributed by atoms with Crippen molar-refractivity contribution < 1.29 is 14.0 Å². The molecule has 0 spiro atoms. The van der Waals surface area contributed by atoms with Crippen LogP contribution in [0.5, 0.6) is 0 Å². The minimum absolute atomic E-state index is 0.0117. The van der Waals surface area contributed by atoms with Crippen LogP contribution in [0, 0.1) is 12.7 Å². The lowest BCUT2D eigenvalue weighted by Crippen LogP contribution is -2.57. The molecule has 1 aromatic rings. The summed E-state index contributed by atoms with van der Waals surface area (Å²) in [6.07, 6.45) is 1.56. The van der Waals surface area contributed by atoms with Crippen molar-refractivity contribution in [1.82, 2.24) is 4.90 Å². The fourth-order valence-corrected chi connectivity index (χ4v) is 2.77. The molecule has 1 unspecified atom stereocenters. The number of aryl methyl sites for hydroxylation is 1. The molecule has 0 N–H and O–H groups in total. The molecule has 2 amide bonds. The lowest BCUT2D eigenvalue weighted by molar-refractivity contribution is -0.140. The highest BCUT2D eigenvalue weighted by atomic mass is 19.1. The van der Waals surface area contributed by atoms with Crippen LogP contribution < -0.4 is 4.90 Å². The molecule has 100 valence electrons. The van der Waals surface area contributed by atoms with Gasteiger partial charge in [0, 0.05) is 12.2 Å². The summed E-state index contributed by atoms with van der Waals surface area (Å²) < 4.78 is 13.6. The van der Waals surface area contributed by atoms with E-state index in [-0.39, 0.29) is 30.2 Å². The van der Waals surface area contributed by atoms with Crippen LogP contribution >= 0.6 is 0 Å². The average molecular weight is 262 g/mol. The summed E-state index contributed by atoms with van der Waals surface area (Å²) in [5.74, 6) is -0.505. The highest BCUT2D eigenvalue weighted by Gasteiger charge is 2.42. The second-order valence-corrected chi connectivity index (χ2v) is 5.10. The fraction of sp³-hybridized carbons (Fsp3) is 0.429. The Balaban J connectivity index is 1.94. The number of piperazine rings is 1. The van der Waals surface area contributed by atoms with Gasteiger partial charge in [0.15, 0.2) is 0 Å². The van der Waals surface area contributed by atoms with Crippen molar-refractivity contribution in [2.24, 2.45) is 0 Å². The molecule has 2 saturated heterocycles. The summed E-state index contributed by atoms with van der Waals surface area (Å²) >= 11 is 0. The highest BCUT2D eigenvalue weighted by molar-refractivity contribution is 6.06. The Kier molecular flexibility index (Phi) is 2.77. The van der Waals surface area contributed by atoms with Crippen LogP contribution in [0.2, 0.25) is 0 Å². The van der Waals surface area contributed by atoms with Gasteiger partial charge in [0.05, 0.1) is 0 Å². The molecule has 0 radical (unpaired) electrons. The number of carbonyl (C=O) groups excluding carboxylic acids is 2. The molecule has 0 aliphatic carbocycles. The molecule has 0 bridgehead atoms. The summed E-state index contributed by atoms with van der Waals surface area (Å²) in [5.41, 5.74) is 0.995. The molecule has 5 heteroatoms. The molecule has 0 aromatic heterocycles. The van der Waals surface area contributed by atoms with Crippen molar-refractivity contribution in [3.8, 4) is 0 Å². The average Bonchev–Trinajstić information content (AvgIpc) is 2.87. The summed E-state index contributed by atoms with van der Waals surface area (Å²) in [4.78, 5) is 27.4. The summed E-state index contributed by atoms with van der Waals surface area (Å²) in [7, 11) is 0. The zero-order valence-electron chi connectivity index (χ0n) is 10.7. The molecular formula is C14H15FN2O2. The topological polar surface area (TPSA) is 40.6 Å².